The van der Waals surface area contributed by atoms with Crippen LogP contribution in [0.15, 0.2) is 30.1 Å². The minimum atomic E-state index is 0.614. The predicted molar refractivity (Wildman–Crippen MR) is 60.8 cm³/mol. The molecule has 0 saturated heterocycles. The highest BCUT2D eigenvalue weighted by Gasteiger charge is 1.96. The smallest absolute Gasteiger partial charge is 0.0562 e. The third kappa shape index (κ3) is 2.87. The van der Waals surface area contributed by atoms with Crippen molar-refractivity contribution >= 4 is 5.57 Å². The van der Waals surface area contributed by atoms with Crippen LogP contribution in [-0.4, -0.2) is 10.2 Å². The van der Waals surface area contributed by atoms with Gasteiger partial charge in [0.05, 0.1) is 6.20 Å². The second kappa shape index (κ2) is 4.80. The number of aromatic nitrogens is 2. The fourth-order valence-electron chi connectivity index (χ4n) is 1.01. The van der Waals surface area contributed by atoms with E-state index in [1.54, 1.807) is 0 Å². The molecule has 0 aliphatic heterocycles. The normalized spacial score (nSPS) is 13.8. The molecule has 0 spiro atoms. The first-order valence-electron chi connectivity index (χ1n) is 4.95. The summed E-state index contributed by atoms with van der Waals surface area (Å²) in [6, 6.07) is 0. The second-order valence-electron chi connectivity index (χ2n) is 3.90. The van der Waals surface area contributed by atoms with Crippen molar-refractivity contribution < 1.29 is 0 Å². The van der Waals surface area contributed by atoms with Crippen molar-refractivity contribution in [1.82, 2.24) is 10.2 Å². The molecule has 1 aromatic heterocycles. The SMILES string of the molecule is C/C(=C\C=C(/C)C(C)C)c1cn[nH]c1. The lowest BCUT2D eigenvalue weighted by Gasteiger charge is -2.02. The first kappa shape index (κ1) is 10.8. The summed E-state index contributed by atoms with van der Waals surface area (Å²) < 4.78 is 0. The molecular formula is C12H18N2. The molecular weight excluding hydrogens is 172 g/mol. The number of allylic oxidation sites excluding steroid dienone is 4. The average molecular weight is 190 g/mol. The number of rotatable bonds is 3. The van der Waals surface area contributed by atoms with Gasteiger partial charge in [-0.05, 0) is 25.3 Å². The summed E-state index contributed by atoms with van der Waals surface area (Å²) in [4.78, 5) is 0. The quantitative estimate of drug-likeness (QED) is 0.727. The van der Waals surface area contributed by atoms with Gasteiger partial charge in [-0.15, -0.1) is 0 Å². The minimum absolute atomic E-state index is 0.614. The summed E-state index contributed by atoms with van der Waals surface area (Å²) >= 11 is 0. The van der Waals surface area contributed by atoms with Gasteiger partial charge < -0.3 is 0 Å². The molecule has 0 unspecified atom stereocenters. The van der Waals surface area contributed by atoms with Crippen molar-refractivity contribution in [3.8, 4) is 0 Å². The largest absolute Gasteiger partial charge is 0.285 e. The molecule has 0 aliphatic rings. The van der Waals surface area contributed by atoms with Gasteiger partial charge in [0.1, 0.15) is 0 Å². The van der Waals surface area contributed by atoms with E-state index >= 15 is 0 Å². The van der Waals surface area contributed by atoms with Crippen molar-refractivity contribution in [2.24, 2.45) is 5.92 Å². The number of aromatic amines is 1. The van der Waals surface area contributed by atoms with Crippen molar-refractivity contribution in [2.75, 3.05) is 0 Å². The molecule has 0 saturated carbocycles. The topological polar surface area (TPSA) is 28.7 Å². The van der Waals surface area contributed by atoms with Crippen LogP contribution >= 0.6 is 0 Å². The van der Waals surface area contributed by atoms with Crippen LogP contribution in [0.3, 0.4) is 0 Å². The van der Waals surface area contributed by atoms with Crippen molar-refractivity contribution in [1.29, 1.82) is 0 Å². The van der Waals surface area contributed by atoms with Crippen LogP contribution in [0, 0.1) is 5.92 Å². The Morgan fingerprint density at radius 3 is 2.57 bits per heavy atom. The summed E-state index contributed by atoms with van der Waals surface area (Å²) in [6.45, 7) is 8.65. The molecule has 1 rings (SSSR count). The van der Waals surface area contributed by atoms with Crippen molar-refractivity contribution in [2.45, 2.75) is 27.7 Å². The van der Waals surface area contributed by atoms with E-state index in [-0.39, 0.29) is 0 Å². The Labute approximate surface area is 85.7 Å². The van der Waals surface area contributed by atoms with E-state index in [1.165, 1.54) is 11.1 Å². The highest BCUT2D eigenvalue weighted by molar-refractivity contribution is 5.63. The van der Waals surface area contributed by atoms with Crippen LogP contribution in [0.1, 0.15) is 33.3 Å². The molecule has 0 aliphatic carbocycles. The molecule has 0 bridgehead atoms. The number of hydrogen-bond donors (Lipinski definition) is 1. The zero-order chi connectivity index (χ0) is 10.6. The van der Waals surface area contributed by atoms with E-state index in [2.05, 4.69) is 50.0 Å². The van der Waals surface area contributed by atoms with Crippen LogP contribution in [0.5, 0.6) is 0 Å². The van der Waals surface area contributed by atoms with E-state index in [0.717, 1.165) is 5.56 Å². The maximum atomic E-state index is 3.92. The van der Waals surface area contributed by atoms with Gasteiger partial charge in [0.2, 0.25) is 0 Å². The fourth-order valence-corrected chi connectivity index (χ4v) is 1.01. The molecule has 0 radical (unpaired) electrons. The zero-order valence-electron chi connectivity index (χ0n) is 9.33. The highest BCUT2D eigenvalue weighted by atomic mass is 15.1. The molecule has 0 aromatic carbocycles. The summed E-state index contributed by atoms with van der Waals surface area (Å²) in [5.41, 5.74) is 3.78. The lowest BCUT2D eigenvalue weighted by Crippen LogP contribution is -1.87. The molecule has 0 atom stereocenters. The molecule has 14 heavy (non-hydrogen) atoms. The highest BCUT2D eigenvalue weighted by Crippen LogP contribution is 2.13. The zero-order valence-corrected chi connectivity index (χ0v) is 9.33. The molecule has 0 fully saturated rings. The monoisotopic (exact) mass is 190 g/mol. The van der Waals surface area contributed by atoms with Crippen molar-refractivity contribution in [3.05, 3.63) is 35.7 Å². The Hall–Kier alpha value is -1.31. The lowest BCUT2D eigenvalue weighted by atomic mass is 10.0. The molecule has 1 N–H and O–H groups in total. The average Bonchev–Trinajstić information content (AvgIpc) is 2.66. The summed E-state index contributed by atoms with van der Waals surface area (Å²) in [5, 5.41) is 6.73. The number of nitrogens with zero attached hydrogens (tertiary/aromatic N) is 1. The number of hydrogen-bond acceptors (Lipinski definition) is 1. The Balaban J connectivity index is 2.75. The summed E-state index contributed by atoms with van der Waals surface area (Å²) in [6.07, 6.45) is 8.06. The van der Waals surface area contributed by atoms with Gasteiger partial charge in [-0.2, -0.15) is 5.10 Å². The molecule has 76 valence electrons. The summed E-state index contributed by atoms with van der Waals surface area (Å²) in [7, 11) is 0. The van der Waals surface area contributed by atoms with Gasteiger partial charge in [0, 0.05) is 11.8 Å². The predicted octanol–water partition coefficient (Wildman–Crippen LogP) is 3.42. The molecule has 0 amide bonds. The standard InChI is InChI=1S/C12H18N2/c1-9(2)10(3)5-6-11(4)12-7-13-14-8-12/h5-9H,1-4H3,(H,13,14)/b10-5+,11-6+. The van der Waals surface area contributed by atoms with Gasteiger partial charge in [0.15, 0.2) is 0 Å². The molecule has 2 heteroatoms. The van der Waals surface area contributed by atoms with Crippen LogP contribution in [0.25, 0.3) is 5.57 Å². The molecule has 1 aromatic rings. The lowest BCUT2D eigenvalue weighted by molar-refractivity contribution is 0.769. The first-order chi connectivity index (χ1) is 6.61. The maximum absolute atomic E-state index is 3.92. The fraction of sp³-hybridized carbons (Fsp3) is 0.417. The second-order valence-corrected chi connectivity index (χ2v) is 3.90. The van der Waals surface area contributed by atoms with E-state index in [4.69, 9.17) is 0 Å². The molecule has 1 heterocycles. The number of H-pyrrole nitrogens is 1. The minimum Gasteiger partial charge on any atom is -0.285 e. The number of nitrogens with one attached hydrogen (secondary N) is 1. The maximum Gasteiger partial charge on any atom is 0.0562 e. The van der Waals surface area contributed by atoms with Crippen molar-refractivity contribution in [3.63, 3.8) is 0 Å². The third-order valence-corrected chi connectivity index (χ3v) is 2.46. The third-order valence-electron chi connectivity index (χ3n) is 2.46. The van der Waals surface area contributed by atoms with E-state index in [9.17, 15) is 0 Å². The Kier molecular flexibility index (Phi) is 3.69. The van der Waals surface area contributed by atoms with Crippen LogP contribution < -0.4 is 0 Å². The van der Waals surface area contributed by atoms with E-state index in [0.29, 0.717) is 5.92 Å². The van der Waals surface area contributed by atoms with Gasteiger partial charge in [0.25, 0.3) is 0 Å². The first-order valence-corrected chi connectivity index (χ1v) is 4.95. The van der Waals surface area contributed by atoms with Crippen LogP contribution in [0.2, 0.25) is 0 Å². The van der Waals surface area contributed by atoms with Crippen LogP contribution in [0.4, 0.5) is 0 Å². The Morgan fingerprint density at radius 1 is 1.36 bits per heavy atom. The van der Waals surface area contributed by atoms with Gasteiger partial charge in [-0.3, -0.25) is 5.10 Å². The van der Waals surface area contributed by atoms with Gasteiger partial charge in [-0.1, -0.05) is 31.6 Å². The summed E-state index contributed by atoms with van der Waals surface area (Å²) in [5.74, 6) is 0.614. The Morgan fingerprint density at radius 2 is 2.07 bits per heavy atom. The van der Waals surface area contributed by atoms with Gasteiger partial charge in [-0.25, -0.2) is 0 Å². The van der Waals surface area contributed by atoms with Gasteiger partial charge >= 0.3 is 0 Å². The van der Waals surface area contributed by atoms with E-state index < -0.39 is 0 Å². The van der Waals surface area contributed by atoms with E-state index in [1.807, 2.05) is 12.4 Å². The van der Waals surface area contributed by atoms with Crippen LogP contribution in [-0.2, 0) is 0 Å². The molecule has 2 nitrogen and oxygen atoms in total. The Bertz CT molecular complexity index is 329.